The molecule has 3 rings (SSSR count). The van der Waals surface area contributed by atoms with Gasteiger partial charge >= 0.3 is 18.0 Å². The Bertz CT molecular complexity index is 947. The van der Waals surface area contributed by atoms with Crippen LogP contribution in [-0.4, -0.2) is 49.0 Å². The lowest BCUT2D eigenvalue weighted by Gasteiger charge is -2.19. The summed E-state index contributed by atoms with van der Waals surface area (Å²) < 4.78 is 16.6. The molecule has 0 aliphatic carbocycles. The third-order valence-electron chi connectivity index (χ3n) is 4.37. The van der Waals surface area contributed by atoms with Crippen LogP contribution >= 0.6 is 0 Å². The van der Waals surface area contributed by atoms with Gasteiger partial charge in [-0.05, 0) is 24.3 Å². The molecule has 162 valence electrons. The first-order chi connectivity index (χ1) is 14.9. The molecular weight excluding hydrogens is 404 g/mol. The smallest absolute Gasteiger partial charge is 0.346 e. The largest absolute Gasteiger partial charge is 0.459 e. The minimum Gasteiger partial charge on any atom is -0.459 e. The van der Waals surface area contributed by atoms with Crippen molar-refractivity contribution in [1.29, 1.82) is 0 Å². The van der Waals surface area contributed by atoms with E-state index in [9.17, 15) is 14.4 Å². The maximum Gasteiger partial charge on any atom is 0.346 e. The number of benzene rings is 2. The quantitative estimate of drug-likeness (QED) is 0.353. The molecule has 0 spiro atoms. The second-order valence-electron chi connectivity index (χ2n) is 6.66. The van der Waals surface area contributed by atoms with Crippen molar-refractivity contribution in [3.63, 3.8) is 0 Å². The standard InChI is InChI=1S/C21H22N4O6/c22-20(23)25-21(28)24-17-11-15(31-19(27)14-9-5-2-6-10-14)16(30-17)12-29-18(26)13-7-3-1-4-8-13/h1-10,15-17H,11-12H2,(H5,22,23,24,25,28)/t15-,16-,17?/m1/s1. The predicted molar refractivity (Wildman–Crippen MR) is 110 cm³/mol. The number of carbonyl (C=O) groups excluding carboxylic acids is 3. The summed E-state index contributed by atoms with van der Waals surface area (Å²) in [7, 11) is 0. The summed E-state index contributed by atoms with van der Waals surface area (Å²) in [5.74, 6) is -1.52. The number of esters is 2. The first-order valence-electron chi connectivity index (χ1n) is 9.46. The fourth-order valence-electron chi connectivity index (χ4n) is 2.96. The summed E-state index contributed by atoms with van der Waals surface area (Å²) in [6.07, 6.45) is -2.30. The normalized spacial score (nSPS) is 19.8. The van der Waals surface area contributed by atoms with Gasteiger partial charge in [-0.15, -0.1) is 0 Å². The zero-order valence-electron chi connectivity index (χ0n) is 16.5. The van der Waals surface area contributed by atoms with E-state index in [1.807, 2.05) is 0 Å². The molecule has 2 aromatic rings. The first-order valence-corrected chi connectivity index (χ1v) is 9.46. The SMILES string of the molecule is NC(N)=NC(=O)NC1C[C@@H](OC(=O)c2ccccc2)[C@@H](COC(=O)c2ccccc2)O1. The van der Waals surface area contributed by atoms with Crippen molar-refractivity contribution in [2.45, 2.75) is 24.9 Å². The van der Waals surface area contributed by atoms with E-state index in [-0.39, 0.29) is 13.0 Å². The Labute approximate surface area is 178 Å². The Morgan fingerprint density at radius 2 is 1.55 bits per heavy atom. The molecule has 3 atom stereocenters. The summed E-state index contributed by atoms with van der Waals surface area (Å²) in [5.41, 5.74) is 11.1. The van der Waals surface area contributed by atoms with Crippen LogP contribution in [0.15, 0.2) is 65.7 Å². The monoisotopic (exact) mass is 426 g/mol. The Hall–Kier alpha value is -3.92. The summed E-state index contributed by atoms with van der Waals surface area (Å²) >= 11 is 0. The third-order valence-corrected chi connectivity index (χ3v) is 4.37. The van der Waals surface area contributed by atoms with Gasteiger partial charge in [0, 0.05) is 6.42 Å². The fraction of sp³-hybridized carbons (Fsp3) is 0.238. The highest BCUT2D eigenvalue weighted by Gasteiger charge is 2.39. The average molecular weight is 426 g/mol. The Kier molecular flexibility index (Phi) is 7.17. The lowest BCUT2D eigenvalue weighted by molar-refractivity contribution is -0.0453. The summed E-state index contributed by atoms with van der Waals surface area (Å²) in [6, 6.07) is 16.0. The molecule has 1 aliphatic rings. The minimum absolute atomic E-state index is 0.123. The number of amides is 2. The molecule has 10 nitrogen and oxygen atoms in total. The molecule has 0 bridgehead atoms. The van der Waals surface area contributed by atoms with Crippen LogP contribution in [0.1, 0.15) is 27.1 Å². The van der Waals surface area contributed by atoms with Crippen molar-refractivity contribution in [2.24, 2.45) is 16.5 Å². The molecule has 2 aromatic carbocycles. The van der Waals surface area contributed by atoms with Gasteiger partial charge in [-0.3, -0.25) is 0 Å². The van der Waals surface area contributed by atoms with E-state index in [1.165, 1.54) is 0 Å². The highest BCUT2D eigenvalue weighted by molar-refractivity contribution is 5.91. The third kappa shape index (κ3) is 6.28. The molecule has 1 aliphatic heterocycles. The van der Waals surface area contributed by atoms with Gasteiger partial charge in [0.1, 0.15) is 25.0 Å². The van der Waals surface area contributed by atoms with E-state index in [4.69, 9.17) is 25.7 Å². The number of rotatable bonds is 6. The van der Waals surface area contributed by atoms with Crippen LogP contribution < -0.4 is 16.8 Å². The number of guanidine groups is 1. The molecule has 0 aromatic heterocycles. The highest BCUT2D eigenvalue weighted by Crippen LogP contribution is 2.24. The lowest BCUT2D eigenvalue weighted by atomic mass is 10.1. The number of nitrogens with zero attached hydrogens (tertiary/aromatic N) is 1. The van der Waals surface area contributed by atoms with Crippen molar-refractivity contribution in [3.8, 4) is 0 Å². The number of nitrogens with one attached hydrogen (secondary N) is 1. The molecule has 1 saturated heterocycles. The van der Waals surface area contributed by atoms with Crippen LogP contribution in [0.3, 0.4) is 0 Å². The lowest BCUT2D eigenvalue weighted by Crippen LogP contribution is -2.36. The van der Waals surface area contributed by atoms with Crippen molar-refractivity contribution >= 4 is 23.9 Å². The van der Waals surface area contributed by atoms with Gasteiger partial charge in [0.2, 0.25) is 0 Å². The van der Waals surface area contributed by atoms with Crippen molar-refractivity contribution in [1.82, 2.24) is 5.32 Å². The summed E-state index contributed by atoms with van der Waals surface area (Å²) in [5, 5.41) is 2.46. The summed E-state index contributed by atoms with van der Waals surface area (Å²) in [4.78, 5) is 39.8. The van der Waals surface area contributed by atoms with Gasteiger partial charge in [-0.1, -0.05) is 36.4 Å². The van der Waals surface area contributed by atoms with Gasteiger partial charge in [0.25, 0.3) is 0 Å². The van der Waals surface area contributed by atoms with E-state index in [2.05, 4.69) is 10.3 Å². The van der Waals surface area contributed by atoms with E-state index in [0.29, 0.717) is 11.1 Å². The van der Waals surface area contributed by atoms with E-state index in [0.717, 1.165) is 0 Å². The number of nitrogens with two attached hydrogens (primary N) is 2. The molecule has 10 heteroatoms. The van der Waals surface area contributed by atoms with E-state index < -0.39 is 42.4 Å². The molecular formula is C21H22N4O6. The number of ether oxygens (including phenoxy) is 3. The molecule has 2 amide bonds. The van der Waals surface area contributed by atoms with Crippen molar-refractivity contribution < 1.29 is 28.6 Å². The van der Waals surface area contributed by atoms with Gasteiger partial charge in [0.05, 0.1) is 11.1 Å². The highest BCUT2D eigenvalue weighted by atomic mass is 16.6. The number of hydrogen-bond donors (Lipinski definition) is 3. The van der Waals surface area contributed by atoms with Gasteiger partial charge in [0.15, 0.2) is 5.96 Å². The Balaban J connectivity index is 1.66. The van der Waals surface area contributed by atoms with Crippen molar-refractivity contribution in [2.75, 3.05) is 6.61 Å². The van der Waals surface area contributed by atoms with Gasteiger partial charge < -0.3 is 31.0 Å². The molecule has 0 saturated carbocycles. The van der Waals surface area contributed by atoms with Gasteiger partial charge in [-0.2, -0.15) is 4.99 Å². The van der Waals surface area contributed by atoms with Crippen molar-refractivity contribution in [3.05, 3.63) is 71.8 Å². The number of urea groups is 1. The molecule has 0 radical (unpaired) electrons. The molecule has 1 fully saturated rings. The second-order valence-corrected chi connectivity index (χ2v) is 6.66. The topological polar surface area (TPSA) is 155 Å². The zero-order valence-corrected chi connectivity index (χ0v) is 16.5. The molecule has 31 heavy (non-hydrogen) atoms. The molecule has 1 unspecified atom stereocenters. The van der Waals surface area contributed by atoms with Crippen LogP contribution in [0.25, 0.3) is 0 Å². The maximum absolute atomic E-state index is 12.5. The number of carbonyl (C=O) groups is 3. The zero-order chi connectivity index (χ0) is 22.2. The number of aliphatic imine (C=N–C) groups is 1. The summed E-state index contributed by atoms with van der Waals surface area (Å²) in [6.45, 7) is -0.185. The van der Waals surface area contributed by atoms with Crippen LogP contribution in [0, 0.1) is 0 Å². The minimum atomic E-state index is -0.843. The Morgan fingerprint density at radius 1 is 0.968 bits per heavy atom. The maximum atomic E-state index is 12.5. The van der Waals surface area contributed by atoms with E-state index in [1.54, 1.807) is 60.7 Å². The predicted octanol–water partition coefficient (Wildman–Crippen LogP) is 1.17. The first kappa shape index (κ1) is 21.8. The average Bonchev–Trinajstić information content (AvgIpc) is 3.13. The molecule has 1 heterocycles. The molecule has 5 N–H and O–H groups in total. The number of hydrogen-bond acceptors (Lipinski definition) is 6. The van der Waals surface area contributed by atoms with Crippen LogP contribution in [-0.2, 0) is 14.2 Å². The van der Waals surface area contributed by atoms with E-state index >= 15 is 0 Å². The second kappa shape index (κ2) is 10.2. The fourth-order valence-corrected chi connectivity index (χ4v) is 2.96. The Morgan fingerprint density at radius 3 is 2.13 bits per heavy atom. The van der Waals surface area contributed by atoms with Crippen LogP contribution in [0.4, 0.5) is 4.79 Å². The van der Waals surface area contributed by atoms with Crippen LogP contribution in [0.2, 0.25) is 0 Å². The van der Waals surface area contributed by atoms with Gasteiger partial charge in [-0.25, -0.2) is 14.4 Å². The van der Waals surface area contributed by atoms with Crippen LogP contribution in [0.5, 0.6) is 0 Å².